The standard InChI is InChI=1S/C10H11FO4/c1-7-5-8(15-11)3-4-9(7)14-6-10(12)13-2/h3-5H,6H2,1-2H3. The van der Waals surface area contributed by atoms with E-state index < -0.39 is 5.97 Å². The largest absolute Gasteiger partial charge is 0.482 e. The van der Waals surface area contributed by atoms with Gasteiger partial charge in [-0.1, -0.05) is 0 Å². The fourth-order valence-corrected chi connectivity index (χ4v) is 1.03. The van der Waals surface area contributed by atoms with E-state index in [1.807, 2.05) is 0 Å². The molecule has 0 aromatic heterocycles. The first kappa shape index (κ1) is 11.3. The van der Waals surface area contributed by atoms with Crippen molar-refractivity contribution in [1.82, 2.24) is 0 Å². The number of benzene rings is 1. The Kier molecular flexibility index (Phi) is 3.91. The summed E-state index contributed by atoms with van der Waals surface area (Å²) >= 11 is 0. The summed E-state index contributed by atoms with van der Waals surface area (Å²) < 4.78 is 21.3. The molecule has 0 saturated heterocycles. The molecule has 0 atom stereocenters. The van der Waals surface area contributed by atoms with Crippen LogP contribution in [0.25, 0.3) is 0 Å². The number of hydrogen-bond donors (Lipinski definition) is 0. The maximum Gasteiger partial charge on any atom is 0.343 e. The molecule has 0 bridgehead atoms. The van der Waals surface area contributed by atoms with E-state index in [9.17, 15) is 9.32 Å². The van der Waals surface area contributed by atoms with Gasteiger partial charge in [0.2, 0.25) is 0 Å². The Morgan fingerprint density at radius 1 is 1.47 bits per heavy atom. The van der Waals surface area contributed by atoms with E-state index in [-0.39, 0.29) is 12.4 Å². The molecular weight excluding hydrogens is 203 g/mol. The van der Waals surface area contributed by atoms with Crippen molar-refractivity contribution in [3.8, 4) is 11.5 Å². The van der Waals surface area contributed by atoms with Crippen molar-refractivity contribution < 1.29 is 23.7 Å². The minimum atomic E-state index is -0.472. The van der Waals surface area contributed by atoms with Crippen LogP contribution in [0.3, 0.4) is 0 Å². The minimum Gasteiger partial charge on any atom is -0.482 e. The minimum absolute atomic E-state index is 0.0953. The highest BCUT2D eigenvalue weighted by Crippen LogP contribution is 2.23. The first-order chi connectivity index (χ1) is 7.17. The summed E-state index contributed by atoms with van der Waals surface area (Å²) in [6, 6.07) is 4.39. The molecule has 1 rings (SSSR count). The van der Waals surface area contributed by atoms with E-state index in [1.54, 1.807) is 6.92 Å². The summed E-state index contributed by atoms with van der Waals surface area (Å²) in [5, 5.41) is 0. The quantitative estimate of drug-likeness (QED) is 0.717. The predicted molar refractivity (Wildman–Crippen MR) is 50.4 cm³/mol. The molecule has 0 radical (unpaired) electrons. The number of aryl methyl sites for hydroxylation is 1. The zero-order chi connectivity index (χ0) is 11.3. The van der Waals surface area contributed by atoms with Crippen LogP contribution in [0.15, 0.2) is 18.2 Å². The average molecular weight is 214 g/mol. The van der Waals surface area contributed by atoms with Gasteiger partial charge in [0, 0.05) is 4.53 Å². The molecule has 0 N–H and O–H groups in total. The molecule has 0 fully saturated rings. The molecule has 0 saturated carbocycles. The van der Waals surface area contributed by atoms with Crippen molar-refractivity contribution in [2.75, 3.05) is 13.7 Å². The highest BCUT2D eigenvalue weighted by atomic mass is 19.3. The Balaban J connectivity index is 2.66. The zero-order valence-corrected chi connectivity index (χ0v) is 8.45. The van der Waals surface area contributed by atoms with Gasteiger partial charge in [0.05, 0.1) is 7.11 Å². The molecule has 15 heavy (non-hydrogen) atoms. The number of carbonyl (C=O) groups excluding carboxylic acids is 1. The second kappa shape index (κ2) is 5.19. The lowest BCUT2D eigenvalue weighted by atomic mass is 10.2. The summed E-state index contributed by atoms with van der Waals surface area (Å²) in [5.74, 6) is 0.110. The van der Waals surface area contributed by atoms with Crippen LogP contribution in [-0.4, -0.2) is 19.7 Å². The summed E-state index contributed by atoms with van der Waals surface area (Å²) in [6.45, 7) is 1.54. The third kappa shape index (κ3) is 3.12. The van der Waals surface area contributed by atoms with Crippen LogP contribution >= 0.6 is 0 Å². The fraction of sp³-hybridized carbons (Fsp3) is 0.300. The maximum atomic E-state index is 11.8. The molecule has 0 aliphatic rings. The molecule has 1 aromatic rings. The molecule has 0 spiro atoms. The van der Waals surface area contributed by atoms with Gasteiger partial charge in [0.15, 0.2) is 12.4 Å². The van der Waals surface area contributed by atoms with E-state index in [1.165, 1.54) is 25.3 Å². The topological polar surface area (TPSA) is 44.8 Å². The van der Waals surface area contributed by atoms with Gasteiger partial charge in [-0.2, -0.15) is 0 Å². The zero-order valence-electron chi connectivity index (χ0n) is 8.45. The normalized spacial score (nSPS) is 9.53. The number of hydrogen-bond acceptors (Lipinski definition) is 4. The van der Waals surface area contributed by atoms with Gasteiger partial charge in [-0.05, 0) is 30.7 Å². The molecule has 0 heterocycles. The van der Waals surface area contributed by atoms with Gasteiger partial charge in [-0.15, -0.1) is 0 Å². The van der Waals surface area contributed by atoms with Gasteiger partial charge in [-0.25, -0.2) is 4.79 Å². The molecule has 0 aliphatic carbocycles. The highest BCUT2D eigenvalue weighted by molar-refractivity contribution is 5.70. The Morgan fingerprint density at radius 2 is 2.20 bits per heavy atom. The summed E-state index contributed by atoms with van der Waals surface area (Å²) in [4.78, 5) is 14.3. The van der Waals surface area contributed by atoms with Gasteiger partial charge in [0.25, 0.3) is 0 Å². The van der Waals surface area contributed by atoms with Gasteiger partial charge >= 0.3 is 5.97 Å². The molecule has 0 unspecified atom stereocenters. The number of ether oxygens (including phenoxy) is 2. The van der Waals surface area contributed by atoms with Crippen LogP contribution in [-0.2, 0) is 9.53 Å². The third-order valence-corrected chi connectivity index (χ3v) is 1.81. The number of carbonyl (C=O) groups is 1. The van der Waals surface area contributed by atoms with Crippen LogP contribution in [0, 0.1) is 6.92 Å². The van der Waals surface area contributed by atoms with E-state index in [2.05, 4.69) is 9.68 Å². The lowest BCUT2D eigenvalue weighted by Gasteiger charge is -2.07. The van der Waals surface area contributed by atoms with E-state index >= 15 is 0 Å². The van der Waals surface area contributed by atoms with Crippen LogP contribution in [0.2, 0.25) is 0 Å². The second-order valence-corrected chi connectivity index (χ2v) is 2.87. The van der Waals surface area contributed by atoms with Crippen molar-refractivity contribution in [2.45, 2.75) is 6.92 Å². The van der Waals surface area contributed by atoms with Crippen molar-refractivity contribution >= 4 is 5.97 Å². The number of rotatable bonds is 4. The molecule has 1 aromatic carbocycles. The Morgan fingerprint density at radius 3 is 2.73 bits per heavy atom. The van der Waals surface area contributed by atoms with Gasteiger partial charge < -0.3 is 9.47 Å². The lowest BCUT2D eigenvalue weighted by Crippen LogP contribution is -2.12. The van der Waals surface area contributed by atoms with E-state index in [0.717, 1.165) is 0 Å². The Labute approximate surface area is 86.5 Å². The lowest BCUT2D eigenvalue weighted by molar-refractivity contribution is -0.142. The smallest absolute Gasteiger partial charge is 0.343 e. The summed E-state index contributed by atoms with van der Waals surface area (Å²) in [6.07, 6.45) is 0. The third-order valence-electron chi connectivity index (χ3n) is 1.81. The maximum absolute atomic E-state index is 11.8. The molecule has 5 heteroatoms. The summed E-state index contributed by atoms with van der Waals surface area (Å²) in [5.41, 5.74) is 0.675. The second-order valence-electron chi connectivity index (χ2n) is 2.87. The van der Waals surface area contributed by atoms with E-state index in [4.69, 9.17) is 4.74 Å². The van der Waals surface area contributed by atoms with Crippen molar-refractivity contribution in [3.63, 3.8) is 0 Å². The van der Waals surface area contributed by atoms with Crippen LogP contribution < -0.4 is 9.68 Å². The van der Waals surface area contributed by atoms with Crippen molar-refractivity contribution in [1.29, 1.82) is 0 Å². The van der Waals surface area contributed by atoms with E-state index in [0.29, 0.717) is 11.3 Å². The molecule has 82 valence electrons. The fourth-order valence-electron chi connectivity index (χ4n) is 1.03. The van der Waals surface area contributed by atoms with Crippen molar-refractivity contribution in [2.24, 2.45) is 0 Å². The molecule has 4 nitrogen and oxygen atoms in total. The highest BCUT2D eigenvalue weighted by Gasteiger charge is 2.05. The van der Waals surface area contributed by atoms with Crippen molar-refractivity contribution in [3.05, 3.63) is 23.8 Å². The Hall–Kier alpha value is -1.78. The average Bonchev–Trinajstić information content (AvgIpc) is 2.26. The monoisotopic (exact) mass is 214 g/mol. The van der Waals surface area contributed by atoms with Gasteiger partial charge in [-0.3, -0.25) is 4.94 Å². The first-order valence-corrected chi connectivity index (χ1v) is 4.26. The first-order valence-electron chi connectivity index (χ1n) is 4.26. The number of methoxy groups -OCH3 is 1. The number of esters is 1. The van der Waals surface area contributed by atoms with Gasteiger partial charge in [0.1, 0.15) is 5.75 Å². The van der Waals surface area contributed by atoms with Crippen LogP contribution in [0.5, 0.6) is 11.5 Å². The predicted octanol–water partition coefficient (Wildman–Crippen LogP) is 1.81. The molecular formula is C10H11FO4. The summed E-state index contributed by atoms with van der Waals surface area (Å²) in [7, 11) is 1.28. The number of halogens is 1. The molecule has 0 amide bonds. The Bertz CT molecular complexity index is 351. The van der Waals surface area contributed by atoms with Crippen LogP contribution in [0.4, 0.5) is 4.53 Å². The SMILES string of the molecule is COC(=O)COc1ccc(OF)cc1C. The molecule has 0 aliphatic heterocycles. The van der Waals surface area contributed by atoms with Crippen LogP contribution in [0.1, 0.15) is 5.56 Å².